The normalized spacial score (nSPS) is 9.89. The fraction of sp³-hybridized carbons (Fsp3) is 0.0714. The zero-order valence-corrected chi connectivity index (χ0v) is 12.6. The van der Waals surface area contributed by atoms with E-state index in [0.717, 1.165) is 16.9 Å². The van der Waals surface area contributed by atoms with Gasteiger partial charge in [0.25, 0.3) is 0 Å². The number of hydrogen-bond acceptors (Lipinski definition) is 2. The zero-order chi connectivity index (χ0) is 13.1. The quantitative estimate of drug-likeness (QED) is 0.768. The summed E-state index contributed by atoms with van der Waals surface area (Å²) in [6, 6.07) is 13.4. The highest BCUT2D eigenvalue weighted by Gasteiger charge is 2.06. The van der Waals surface area contributed by atoms with Gasteiger partial charge in [0.15, 0.2) is 0 Å². The molecule has 0 saturated heterocycles. The third-order valence-corrected chi connectivity index (χ3v) is 4.04. The Bertz CT molecular complexity index is 632. The summed E-state index contributed by atoms with van der Waals surface area (Å²) < 4.78 is 1.18. The molecule has 90 valence electrons. The van der Waals surface area contributed by atoms with E-state index in [1.54, 1.807) is 18.2 Å². The maximum atomic E-state index is 9.08. The van der Waals surface area contributed by atoms with E-state index in [0.29, 0.717) is 10.6 Å². The van der Waals surface area contributed by atoms with E-state index < -0.39 is 0 Å². The Morgan fingerprint density at radius 2 is 2.00 bits per heavy atom. The zero-order valence-electron chi connectivity index (χ0n) is 9.67. The second-order valence-electron chi connectivity index (χ2n) is 3.84. The molecule has 2 nitrogen and oxygen atoms in total. The number of halogens is 2. The lowest BCUT2D eigenvalue weighted by Crippen LogP contribution is -1.97. The third kappa shape index (κ3) is 2.77. The van der Waals surface area contributed by atoms with Gasteiger partial charge in [0.1, 0.15) is 6.07 Å². The van der Waals surface area contributed by atoms with Crippen molar-refractivity contribution in [3.63, 3.8) is 0 Å². The van der Waals surface area contributed by atoms with Crippen LogP contribution in [0, 0.1) is 21.8 Å². The molecule has 1 N–H and O–H groups in total. The Labute approximate surface area is 125 Å². The van der Waals surface area contributed by atoms with Crippen LogP contribution in [0.15, 0.2) is 36.4 Å². The van der Waals surface area contributed by atoms with Gasteiger partial charge in [-0.3, -0.25) is 0 Å². The Morgan fingerprint density at radius 1 is 1.22 bits per heavy atom. The molecular formula is C14H10ClIN2. The first kappa shape index (κ1) is 13.2. The van der Waals surface area contributed by atoms with Gasteiger partial charge in [-0.1, -0.05) is 17.7 Å². The summed E-state index contributed by atoms with van der Waals surface area (Å²) in [5.41, 5.74) is 3.45. The molecule has 2 aromatic carbocycles. The number of nitrogens with one attached hydrogen (secondary N) is 1. The molecule has 0 aliphatic carbocycles. The molecule has 2 aromatic rings. The van der Waals surface area contributed by atoms with Crippen LogP contribution in [0.4, 0.5) is 11.4 Å². The Kier molecular flexibility index (Phi) is 4.10. The summed E-state index contributed by atoms with van der Waals surface area (Å²) in [5, 5.41) is 12.9. The van der Waals surface area contributed by atoms with Crippen molar-refractivity contribution < 1.29 is 0 Å². The van der Waals surface area contributed by atoms with Gasteiger partial charge in [-0.05, 0) is 65.4 Å². The molecular weight excluding hydrogens is 359 g/mol. The average Bonchev–Trinajstić information content (AvgIpc) is 2.35. The first-order valence-corrected chi connectivity index (χ1v) is 6.79. The molecule has 0 amide bonds. The maximum absolute atomic E-state index is 9.08. The van der Waals surface area contributed by atoms with E-state index >= 15 is 0 Å². The highest BCUT2D eigenvalue weighted by molar-refractivity contribution is 14.1. The van der Waals surface area contributed by atoms with Crippen LogP contribution in [0.2, 0.25) is 5.02 Å². The largest absolute Gasteiger partial charge is 0.354 e. The monoisotopic (exact) mass is 368 g/mol. The van der Waals surface area contributed by atoms with E-state index in [-0.39, 0.29) is 0 Å². The minimum Gasteiger partial charge on any atom is -0.354 e. The molecule has 0 unspecified atom stereocenters. The fourth-order valence-electron chi connectivity index (χ4n) is 1.61. The minimum absolute atomic E-state index is 0.581. The molecule has 0 atom stereocenters. The number of anilines is 2. The second-order valence-corrected chi connectivity index (χ2v) is 5.44. The number of rotatable bonds is 2. The van der Waals surface area contributed by atoms with Gasteiger partial charge in [-0.2, -0.15) is 5.26 Å². The lowest BCUT2D eigenvalue weighted by atomic mass is 10.1. The summed E-state index contributed by atoms with van der Waals surface area (Å²) in [4.78, 5) is 0. The van der Waals surface area contributed by atoms with Crippen molar-refractivity contribution in [1.82, 2.24) is 0 Å². The van der Waals surface area contributed by atoms with Crippen molar-refractivity contribution in [3.8, 4) is 6.07 Å². The van der Waals surface area contributed by atoms with Crippen molar-refractivity contribution in [2.45, 2.75) is 6.92 Å². The lowest BCUT2D eigenvalue weighted by molar-refractivity contribution is 1.39. The van der Waals surface area contributed by atoms with Crippen molar-refractivity contribution >= 4 is 45.6 Å². The highest BCUT2D eigenvalue weighted by Crippen LogP contribution is 2.27. The first-order valence-electron chi connectivity index (χ1n) is 5.33. The van der Waals surface area contributed by atoms with Gasteiger partial charge in [-0.25, -0.2) is 0 Å². The maximum Gasteiger partial charge on any atom is 0.101 e. The summed E-state index contributed by atoms with van der Waals surface area (Å²) in [6.45, 7) is 2.04. The Balaban J connectivity index is 2.43. The van der Waals surface area contributed by atoms with Crippen LogP contribution in [0.5, 0.6) is 0 Å². The lowest BCUT2D eigenvalue weighted by Gasteiger charge is -2.12. The van der Waals surface area contributed by atoms with Crippen LogP contribution in [0.3, 0.4) is 0 Å². The standard InChI is InChI=1S/C14H10ClIN2/c1-9-12(16)3-2-4-13(9)18-14-7-11(15)6-5-10(14)8-17/h2-7,18H,1H3. The van der Waals surface area contributed by atoms with Crippen molar-refractivity contribution in [2.75, 3.05) is 5.32 Å². The van der Waals surface area contributed by atoms with Gasteiger partial charge in [0.2, 0.25) is 0 Å². The van der Waals surface area contributed by atoms with Gasteiger partial charge >= 0.3 is 0 Å². The molecule has 0 fully saturated rings. The fourth-order valence-corrected chi connectivity index (χ4v) is 2.28. The molecule has 0 bridgehead atoms. The summed E-state index contributed by atoms with van der Waals surface area (Å²) in [6.07, 6.45) is 0. The van der Waals surface area contributed by atoms with Gasteiger partial charge in [0, 0.05) is 14.3 Å². The molecule has 0 heterocycles. The molecule has 0 aliphatic heterocycles. The number of benzene rings is 2. The van der Waals surface area contributed by atoms with Gasteiger partial charge in [-0.15, -0.1) is 0 Å². The van der Waals surface area contributed by atoms with E-state index in [1.165, 1.54) is 3.57 Å². The molecule has 4 heteroatoms. The Hall–Kier alpha value is -1.25. The minimum atomic E-state index is 0.581. The second kappa shape index (κ2) is 5.59. The molecule has 0 radical (unpaired) electrons. The van der Waals surface area contributed by atoms with Crippen molar-refractivity contribution in [2.24, 2.45) is 0 Å². The van der Waals surface area contributed by atoms with Crippen molar-refractivity contribution in [1.29, 1.82) is 5.26 Å². The topological polar surface area (TPSA) is 35.8 Å². The number of nitrogens with zero attached hydrogens (tertiary/aromatic N) is 1. The van der Waals surface area contributed by atoms with Crippen LogP contribution in [0.1, 0.15) is 11.1 Å². The molecule has 18 heavy (non-hydrogen) atoms. The smallest absolute Gasteiger partial charge is 0.101 e. The molecule has 0 aliphatic rings. The van der Waals surface area contributed by atoms with E-state index in [4.69, 9.17) is 16.9 Å². The van der Waals surface area contributed by atoms with Crippen LogP contribution in [0.25, 0.3) is 0 Å². The number of hydrogen-bond donors (Lipinski definition) is 1. The SMILES string of the molecule is Cc1c(I)cccc1Nc1cc(Cl)ccc1C#N. The predicted molar refractivity (Wildman–Crippen MR) is 83.3 cm³/mol. The van der Waals surface area contributed by atoms with Gasteiger partial charge < -0.3 is 5.32 Å². The molecule has 2 rings (SSSR count). The third-order valence-electron chi connectivity index (χ3n) is 2.64. The predicted octanol–water partition coefficient (Wildman–Crippen LogP) is 4.87. The van der Waals surface area contributed by atoms with Crippen LogP contribution in [-0.2, 0) is 0 Å². The first-order chi connectivity index (χ1) is 8.61. The average molecular weight is 369 g/mol. The van der Waals surface area contributed by atoms with E-state index in [2.05, 4.69) is 34.0 Å². The molecule has 0 saturated carbocycles. The van der Waals surface area contributed by atoms with Gasteiger partial charge in [0.05, 0.1) is 11.3 Å². The van der Waals surface area contributed by atoms with E-state index in [1.807, 2.05) is 25.1 Å². The highest BCUT2D eigenvalue weighted by atomic mass is 127. The summed E-state index contributed by atoms with van der Waals surface area (Å²) in [5.74, 6) is 0. The van der Waals surface area contributed by atoms with Crippen molar-refractivity contribution in [3.05, 3.63) is 56.1 Å². The summed E-state index contributed by atoms with van der Waals surface area (Å²) >= 11 is 8.25. The molecule has 0 spiro atoms. The van der Waals surface area contributed by atoms with Crippen LogP contribution < -0.4 is 5.32 Å². The molecule has 0 aromatic heterocycles. The summed E-state index contributed by atoms with van der Waals surface area (Å²) in [7, 11) is 0. The van der Waals surface area contributed by atoms with Crippen LogP contribution in [-0.4, -0.2) is 0 Å². The number of nitriles is 1. The van der Waals surface area contributed by atoms with E-state index in [9.17, 15) is 0 Å². The van der Waals surface area contributed by atoms with Crippen LogP contribution >= 0.6 is 34.2 Å². The Morgan fingerprint density at radius 3 is 2.72 bits per heavy atom.